The summed E-state index contributed by atoms with van der Waals surface area (Å²) in [5.41, 5.74) is -0.849. The summed E-state index contributed by atoms with van der Waals surface area (Å²) in [7, 11) is 0. The first kappa shape index (κ1) is 14.4. The fourth-order valence-corrected chi connectivity index (χ4v) is 2.43. The number of hydrogen-bond acceptors (Lipinski definition) is 2. The van der Waals surface area contributed by atoms with Gasteiger partial charge in [0.05, 0.1) is 0 Å². The number of amides is 2. The van der Waals surface area contributed by atoms with Crippen LogP contribution in [0.15, 0.2) is 30.3 Å². The number of rotatable bonds is 3. The molecule has 108 valence electrons. The maximum Gasteiger partial charge on any atom is 0.333 e. The summed E-state index contributed by atoms with van der Waals surface area (Å²) in [5.74, 6) is -0.599. The number of urea groups is 1. The molecule has 2 rings (SSSR count). The molecule has 1 aromatic rings. The van der Waals surface area contributed by atoms with Crippen LogP contribution in [-0.2, 0) is 10.3 Å². The lowest BCUT2D eigenvalue weighted by Crippen LogP contribution is -2.53. The summed E-state index contributed by atoms with van der Waals surface area (Å²) < 4.78 is 0. The Bertz CT molecular complexity index is 503. The second kappa shape index (κ2) is 5.53. The quantitative estimate of drug-likeness (QED) is 0.887. The third kappa shape index (κ3) is 2.76. The molecule has 0 saturated carbocycles. The summed E-state index contributed by atoms with van der Waals surface area (Å²) in [4.78, 5) is 25.5. The molecular weight excluding hydrogens is 256 g/mol. The third-order valence-corrected chi connectivity index (χ3v) is 3.85. The Labute approximate surface area is 118 Å². The number of hydrogen-bond donors (Lipinski definition) is 2. The number of nitrogens with zero attached hydrogens (tertiary/aromatic N) is 1. The van der Waals surface area contributed by atoms with Gasteiger partial charge in [0.25, 0.3) is 0 Å². The zero-order chi connectivity index (χ0) is 14.8. The summed E-state index contributed by atoms with van der Waals surface area (Å²) in [5, 5.41) is 12.2. The summed E-state index contributed by atoms with van der Waals surface area (Å²) >= 11 is 0. The minimum Gasteiger partial charge on any atom is -0.479 e. The van der Waals surface area contributed by atoms with Gasteiger partial charge in [0.15, 0.2) is 5.54 Å². The molecule has 0 aliphatic carbocycles. The van der Waals surface area contributed by atoms with E-state index in [-0.39, 0.29) is 6.03 Å². The van der Waals surface area contributed by atoms with Crippen LogP contribution < -0.4 is 5.32 Å². The first-order valence-corrected chi connectivity index (χ1v) is 6.79. The second-order valence-corrected chi connectivity index (χ2v) is 5.57. The molecule has 1 heterocycles. The van der Waals surface area contributed by atoms with E-state index in [0.29, 0.717) is 24.6 Å². The predicted molar refractivity (Wildman–Crippen MR) is 75.3 cm³/mol. The van der Waals surface area contributed by atoms with Gasteiger partial charge < -0.3 is 15.3 Å². The van der Waals surface area contributed by atoms with Gasteiger partial charge >= 0.3 is 12.0 Å². The van der Waals surface area contributed by atoms with Crippen LogP contribution in [0.1, 0.15) is 25.8 Å². The van der Waals surface area contributed by atoms with E-state index in [1.165, 1.54) is 6.92 Å². The monoisotopic (exact) mass is 276 g/mol. The van der Waals surface area contributed by atoms with Crippen LogP contribution in [0.3, 0.4) is 0 Å². The lowest BCUT2D eigenvalue weighted by atomic mass is 9.92. The van der Waals surface area contributed by atoms with E-state index in [2.05, 4.69) is 12.2 Å². The number of nitrogens with one attached hydrogen (secondary N) is 1. The molecule has 1 saturated heterocycles. The molecule has 1 fully saturated rings. The highest BCUT2D eigenvalue weighted by molar-refractivity contribution is 5.87. The van der Waals surface area contributed by atoms with Crippen molar-refractivity contribution in [3.8, 4) is 0 Å². The zero-order valence-electron chi connectivity index (χ0n) is 11.8. The molecule has 1 aliphatic heterocycles. The highest BCUT2D eigenvalue weighted by Gasteiger charge is 2.38. The Hall–Kier alpha value is -2.04. The number of likely N-dealkylation sites (tertiary alicyclic amines) is 1. The zero-order valence-corrected chi connectivity index (χ0v) is 11.8. The Balaban J connectivity index is 2.18. The molecule has 0 radical (unpaired) electrons. The Morgan fingerprint density at radius 2 is 2.00 bits per heavy atom. The number of benzene rings is 1. The van der Waals surface area contributed by atoms with Gasteiger partial charge in [0.1, 0.15) is 0 Å². The standard InChI is InChI=1S/C15H20N2O3/c1-11-8-9-17(10-11)14(20)16-15(2,13(18)19)12-6-4-3-5-7-12/h3-7,11H,8-10H2,1-2H3,(H,16,20)(H,18,19). The van der Waals surface area contributed by atoms with Gasteiger partial charge in [-0.15, -0.1) is 0 Å². The van der Waals surface area contributed by atoms with Gasteiger partial charge in [-0.1, -0.05) is 37.3 Å². The van der Waals surface area contributed by atoms with Gasteiger partial charge in [0.2, 0.25) is 0 Å². The largest absolute Gasteiger partial charge is 0.479 e. The van der Waals surface area contributed by atoms with Crippen molar-refractivity contribution in [1.82, 2.24) is 10.2 Å². The van der Waals surface area contributed by atoms with Crippen molar-refractivity contribution >= 4 is 12.0 Å². The number of carbonyl (C=O) groups is 2. The molecule has 2 unspecified atom stereocenters. The molecule has 0 aromatic heterocycles. The number of carboxylic acid groups (broad SMARTS) is 1. The van der Waals surface area contributed by atoms with Gasteiger partial charge in [-0.05, 0) is 24.8 Å². The fraction of sp³-hybridized carbons (Fsp3) is 0.467. The van der Waals surface area contributed by atoms with Crippen molar-refractivity contribution in [2.24, 2.45) is 5.92 Å². The normalized spacial score (nSPS) is 21.3. The van der Waals surface area contributed by atoms with Crippen LogP contribution in [0, 0.1) is 5.92 Å². The SMILES string of the molecule is CC1CCN(C(=O)NC(C)(C(=O)O)c2ccccc2)C1. The summed E-state index contributed by atoms with van der Waals surface area (Å²) in [6, 6.07) is 8.45. The van der Waals surface area contributed by atoms with Crippen LogP contribution in [-0.4, -0.2) is 35.1 Å². The van der Waals surface area contributed by atoms with E-state index in [1.54, 1.807) is 29.2 Å². The van der Waals surface area contributed by atoms with Gasteiger partial charge in [-0.3, -0.25) is 0 Å². The minimum atomic E-state index is -1.41. The summed E-state index contributed by atoms with van der Waals surface area (Å²) in [6.07, 6.45) is 0.961. The Morgan fingerprint density at radius 1 is 1.35 bits per heavy atom. The predicted octanol–water partition coefficient (Wildman–Crippen LogP) is 2.04. The number of carbonyl (C=O) groups excluding carboxylic acids is 1. The average molecular weight is 276 g/mol. The van der Waals surface area contributed by atoms with Crippen molar-refractivity contribution in [3.63, 3.8) is 0 Å². The van der Waals surface area contributed by atoms with Gasteiger partial charge in [0, 0.05) is 13.1 Å². The van der Waals surface area contributed by atoms with E-state index in [4.69, 9.17) is 0 Å². The molecule has 2 atom stereocenters. The Morgan fingerprint density at radius 3 is 2.50 bits per heavy atom. The smallest absolute Gasteiger partial charge is 0.333 e. The minimum absolute atomic E-state index is 0.317. The van der Waals surface area contributed by atoms with Crippen molar-refractivity contribution in [2.75, 3.05) is 13.1 Å². The van der Waals surface area contributed by atoms with E-state index in [9.17, 15) is 14.7 Å². The number of carboxylic acids is 1. The molecule has 0 spiro atoms. The van der Waals surface area contributed by atoms with Crippen molar-refractivity contribution in [3.05, 3.63) is 35.9 Å². The third-order valence-electron chi connectivity index (χ3n) is 3.85. The van der Waals surface area contributed by atoms with E-state index in [1.807, 2.05) is 6.07 Å². The molecular formula is C15H20N2O3. The molecule has 2 N–H and O–H groups in total. The topological polar surface area (TPSA) is 69.6 Å². The van der Waals surface area contributed by atoms with Crippen LogP contribution >= 0.6 is 0 Å². The van der Waals surface area contributed by atoms with E-state index >= 15 is 0 Å². The van der Waals surface area contributed by atoms with Crippen molar-refractivity contribution < 1.29 is 14.7 Å². The lowest BCUT2D eigenvalue weighted by molar-refractivity contribution is -0.144. The molecule has 5 heteroatoms. The van der Waals surface area contributed by atoms with Gasteiger partial charge in [-0.2, -0.15) is 0 Å². The van der Waals surface area contributed by atoms with E-state index < -0.39 is 11.5 Å². The van der Waals surface area contributed by atoms with E-state index in [0.717, 1.165) is 6.42 Å². The molecule has 1 aromatic carbocycles. The fourth-order valence-electron chi connectivity index (χ4n) is 2.43. The second-order valence-electron chi connectivity index (χ2n) is 5.57. The van der Waals surface area contributed by atoms with Crippen molar-refractivity contribution in [2.45, 2.75) is 25.8 Å². The molecule has 1 aliphatic rings. The highest BCUT2D eigenvalue weighted by Crippen LogP contribution is 2.22. The maximum absolute atomic E-state index is 12.2. The average Bonchev–Trinajstić information content (AvgIpc) is 2.86. The summed E-state index contributed by atoms with van der Waals surface area (Å²) in [6.45, 7) is 4.96. The lowest BCUT2D eigenvalue weighted by Gasteiger charge is -2.29. The highest BCUT2D eigenvalue weighted by atomic mass is 16.4. The number of aliphatic carboxylic acids is 1. The van der Waals surface area contributed by atoms with Crippen molar-refractivity contribution in [1.29, 1.82) is 0 Å². The molecule has 20 heavy (non-hydrogen) atoms. The first-order chi connectivity index (χ1) is 9.43. The first-order valence-electron chi connectivity index (χ1n) is 6.79. The van der Waals surface area contributed by atoms with Crippen LogP contribution in [0.5, 0.6) is 0 Å². The van der Waals surface area contributed by atoms with Crippen LogP contribution in [0.25, 0.3) is 0 Å². The maximum atomic E-state index is 12.2. The Kier molecular flexibility index (Phi) is 3.97. The van der Waals surface area contributed by atoms with Crippen LogP contribution in [0.4, 0.5) is 4.79 Å². The molecule has 2 amide bonds. The van der Waals surface area contributed by atoms with Crippen LogP contribution in [0.2, 0.25) is 0 Å². The molecule has 5 nitrogen and oxygen atoms in total. The molecule has 0 bridgehead atoms. The van der Waals surface area contributed by atoms with Gasteiger partial charge in [-0.25, -0.2) is 9.59 Å².